The van der Waals surface area contributed by atoms with E-state index in [4.69, 9.17) is 5.73 Å². The molecule has 1 unspecified atom stereocenters. The molecule has 110 valence electrons. The first-order valence-electron chi connectivity index (χ1n) is 6.90. The molecule has 1 aliphatic rings. The van der Waals surface area contributed by atoms with E-state index < -0.39 is 17.9 Å². The summed E-state index contributed by atoms with van der Waals surface area (Å²) in [6, 6.07) is 13.9. The van der Waals surface area contributed by atoms with Crippen LogP contribution in [0.5, 0.6) is 0 Å². The zero-order valence-electron chi connectivity index (χ0n) is 12.0. The first-order chi connectivity index (χ1) is 10.6. The maximum atomic E-state index is 12.2. The number of amides is 2. The fourth-order valence-electron chi connectivity index (χ4n) is 2.45. The Bertz CT molecular complexity index is 782. The lowest BCUT2D eigenvalue weighted by molar-refractivity contribution is -0.126. The molecule has 3 rings (SSSR count). The van der Waals surface area contributed by atoms with Crippen LogP contribution in [-0.2, 0) is 9.59 Å². The van der Waals surface area contributed by atoms with Crippen molar-refractivity contribution >= 4 is 23.2 Å². The van der Waals surface area contributed by atoms with Crippen molar-refractivity contribution in [1.29, 1.82) is 0 Å². The number of hydrogen-bond donors (Lipinski definition) is 2. The minimum Gasteiger partial charge on any atom is -0.367 e. The number of anilines is 1. The molecule has 1 atom stereocenters. The van der Waals surface area contributed by atoms with Crippen LogP contribution in [0.25, 0.3) is 0 Å². The number of aryl methyl sites for hydroxylation is 1. The highest BCUT2D eigenvalue weighted by atomic mass is 16.2. The topological polar surface area (TPSA) is 84.5 Å². The number of fused-ring (bicyclic) bond motifs is 1. The van der Waals surface area contributed by atoms with Crippen molar-refractivity contribution in [2.45, 2.75) is 13.0 Å². The highest BCUT2D eigenvalue weighted by Crippen LogP contribution is 2.25. The fraction of sp³-hybridized carbons (Fsp3) is 0.118. The Hall–Kier alpha value is -2.95. The molecular formula is C17H15N3O2. The number of primary amides is 1. The number of nitrogens with two attached hydrogens (primary N) is 1. The first-order valence-corrected chi connectivity index (χ1v) is 6.90. The van der Waals surface area contributed by atoms with Crippen molar-refractivity contribution in [2.75, 3.05) is 5.32 Å². The summed E-state index contributed by atoms with van der Waals surface area (Å²) in [5.41, 5.74) is 9.15. The van der Waals surface area contributed by atoms with Gasteiger partial charge in [-0.05, 0) is 18.6 Å². The molecule has 2 amide bonds. The van der Waals surface area contributed by atoms with E-state index in [0.29, 0.717) is 11.4 Å². The maximum absolute atomic E-state index is 12.2. The lowest BCUT2D eigenvalue weighted by Gasteiger charge is -2.10. The Balaban J connectivity index is 2.24. The summed E-state index contributed by atoms with van der Waals surface area (Å²) in [5.74, 6) is -1.28. The van der Waals surface area contributed by atoms with Gasteiger partial charge >= 0.3 is 0 Å². The lowest BCUT2D eigenvalue weighted by atomic mass is 9.99. The second kappa shape index (κ2) is 5.44. The van der Waals surface area contributed by atoms with Gasteiger partial charge in [0, 0.05) is 11.1 Å². The molecular weight excluding hydrogens is 278 g/mol. The van der Waals surface area contributed by atoms with Gasteiger partial charge in [-0.15, -0.1) is 0 Å². The van der Waals surface area contributed by atoms with Crippen molar-refractivity contribution in [3.8, 4) is 0 Å². The minimum atomic E-state index is -1.23. The third-order valence-corrected chi connectivity index (χ3v) is 3.51. The number of nitrogens with one attached hydrogen (secondary N) is 1. The summed E-state index contributed by atoms with van der Waals surface area (Å²) in [5, 5.41) is 2.74. The van der Waals surface area contributed by atoms with Crippen LogP contribution < -0.4 is 11.1 Å². The standard InChI is InChI=1S/C17H15N3O2/c1-10-7-8-12-13(9-10)19-17(22)15(16(18)21)20-14(12)11-5-3-2-4-6-11/h2-9,15H,1H3,(H2,18,21)(H,19,22). The summed E-state index contributed by atoms with van der Waals surface area (Å²) in [6.07, 6.45) is 0. The van der Waals surface area contributed by atoms with Crippen LogP contribution in [0.1, 0.15) is 16.7 Å². The Labute approximate surface area is 127 Å². The molecule has 0 spiro atoms. The number of carbonyl (C=O) groups is 2. The van der Waals surface area contributed by atoms with Crippen LogP contribution in [0.15, 0.2) is 53.5 Å². The van der Waals surface area contributed by atoms with Crippen LogP contribution >= 0.6 is 0 Å². The summed E-state index contributed by atoms with van der Waals surface area (Å²) in [6.45, 7) is 1.93. The van der Waals surface area contributed by atoms with Crippen molar-refractivity contribution in [3.05, 3.63) is 65.2 Å². The highest BCUT2D eigenvalue weighted by Gasteiger charge is 2.29. The van der Waals surface area contributed by atoms with Gasteiger partial charge < -0.3 is 11.1 Å². The smallest absolute Gasteiger partial charge is 0.258 e. The van der Waals surface area contributed by atoms with E-state index in [1.165, 1.54) is 0 Å². The van der Waals surface area contributed by atoms with E-state index in [1.807, 2.05) is 55.5 Å². The molecule has 22 heavy (non-hydrogen) atoms. The summed E-state index contributed by atoms with van der Waals surface area (Å²) in [4.78, 5) is 28.1. The van der Waals surface area contributed by atoms with Gasteiger partial charge in [0.25, 0.3) is 11.8 Å². The Kier molecular flexibility index (Phi) is 3.47. The van der Waals surface area contributed by atoms with Gasteiger partial charge in [0.1, 0.15) is 0 Å². The molecule has 1 heterocycles. The van der Waals surface area contributed by atoms with Crippen molar-refractivity contribution < 1.29 is 9.59 Å². The van der Waals surface area contributed by atoms with Crippen LogP contribution in [-0.4, -0.2) is 23.6 Å². The van der Waals surface area contributed by atoms with E-state index >= 15 is 0 Å². The molecule has 1 aliphatic heterocycles. The highest BCUT2D eigenvalue weighted by molar-refractivity contribution is 6.23. The molecule has 3 N–H and O–H groups in total. The quantitative estimate of drug-likeness (QED) is 0.825. The van der Waals surface area contributed by atoms with Crippen molar-refractivity contribution in [1.82, 2.24) is 0 Å². The molecule has 0 radical (unpaired) electrons. The van der Waals surface area contributed by atoms with E-state index in [0.717, 1.165) is 16.7 Å². The molecule has 0 fully saturated rings. The number of hydrogen-bond acceptors (Lipinski definition) is 3. The molecule has 2 aromatic rings. The molecule has 0 aromatic heterocycles. The van der Waals surface area contributed by atoms with E-state index in [-0.39, 0.29) is 0 Å². The molecule has 0 bridgehead atoms. The van der Waals surface area contributed by atoms with Gasteiger partial charge in [-0.3, -0.25) is 14.6 Å². The molecule has 2 aromatic carbocycles. The average Bonchev–Trinajstić information content (AvgIpc) is 2.63. The number of rotatable bonds is 2. The number of nitrogens with zero attached hydrogens (tertiary/aromatic N) is 1. The number of carbonyl (C=O) groups excluding carboxylic acids is 2. The predicted octanol–water partition coefficient (Wildman–Crippen LogP) is 1.64. The monoisotopic (exact) mass is 293 g/mol. The van der Waals surface area contributed by atoms with Crippen LogP contribution in [0, 0.1) is 6.92 Å². The Morgan fingerprint density at radius 2 is 1.91 bits per heavy atom. The predicted molar refractivity (Wildman–Crippen MR) is 84.9 cm³/mol. The summed E-state index contributed by atoms with van der Waals surface area (Å²) < 4.78 is 0. The zero-order valence-corrected chi connectivity index (χ0v) is 12.0. The molecule has 5 nitrogen and oxygen atoms in total. The van der Waals surface area contributed by atoms with E-state index in [1.54, 1.807) is 0 Å². The Morgan fingerprint density at radius 3 is 2.59 bits per heavy atom. The molecule has 0 saturated heterocycles. The van der Waals surface area contributed by atoms with Gasteiger partial charge in [-0.2, -0.15) is 0 Å². The summed E-state index contributed by atoms with van der Waals surface area (Å²) >= 11 is 0. The second-order valence-corrected chi connectivity index (χ2v) is 5.19. The van der Waals surface area contributed by atoms with Gasteiger partial charge in [-0.25, -0.2) is 0 Å². The number of benzodiazepines with no additional fused rings is 1. The van der Waals surface area contributed by atoms with Crippen molar-refractivity contribution in [3.63, 3.8) is 0 Å². The maximum Gasteiger partial charge on any atom is 0.258 e. The Morgan fingerprint density at radius 1 is 1.18 bits per heavy atom. The van der Waals surface area contributed by atoms with Crippen molar-refractivity contribution in [2.24, 2.45) is 10.7 Å². The lowest BCUT2D eigenvalue weighted by Crippen LogP contribution is -2.37. The minimum absolute atomic E-state index is 0.509. The normalized spacial score (nSPS) is 17.0. The molecule has 0 saturated carbocycles. The average molecular weight is 293 g/mol. The van der Waals surface area contributed by atoms with Crippen LogP contribution in [0.4, 0.5) is 5.69 Å². The van der Waals surface area contributed by atoms with Crippen LogP contribution in [0.2, 0.25) is 0 Å². The number of benzene rings is 2. The third kappa shape index (κ3) is 2.48. The first kappa shape index (κ1) is 14.0. The van der Waals surface area contributed by atoms with Gasteiger partial charge in [0.2, 0.25) is 6.04 Å². The third-order valence-electron chi connectivity index (χ3n) is 3.51. The zero-order chi connectivity index (χ0) is 15.7. The van der Waals surface area contributed by atoms with Gasteiger partial charge in [0.15, 0.2) is 0 Å². The molecule has 0 aliphatic carbocycles. The SMILES string of the molecule is Cc1ccc2c(c1)NC(=O)C(C(N)=O)N=C2c1ccccc1. The van der Waals surface area contributed by atoms with E-state index in [9.17, 15) is 9.59 Å². The second-order valence-electron chi connectivity index (χ2n) is 5.19. The van der Waals surface area contributed by atoms with Crippen LogP contribution in [0.3, 0.4) is 0 Å². The summed E-state index contributed by atoms with van der Waals surface area (Å²) in [7, 11) is 0. The molecule has 5 heteroatoms. The largest absolute Gasteiger partial charge is 0.367 e. The fourth-order valence-corrected chi connectivity index (χ4v) is 2.45. The van der Waals surface area contributed by atoms with E-state index in [2.05, 4.69) is 10.3 Å². The van der Waals surface area contributed by atoms with Gasteiger partial charge in [0.05, 0.1) is 11.4 Å². The number of aliphatic imine (C=N–C) groups is 1. The van der Waals surface area contributed by atoms with Gasteiger partial charge in [-0.1, -0.05) is 42.5 Å².